The van der Waals surface area contributed by atoms with Gasteiger partial charge in [0.1, 0.15) is 6.54 Å². The molecule has 2 aliphatic rings. The number of nitrogens with two attached hydrogens (primary N) is 2. The number of carbonyl (C=O) groups is 2. The SMILES string of the molecule is Cl.Cl.Cl.Nc1cc[n+](CC2=C(C(=O)[O-])C3C(=O)C(N)C3SC2)n1CCO. The van der Waals surface area contributed by atoms with E-state index in [1.165, 1.54) is 11.8 Å². The van der Waals surface area contributed by atoms with Gasteiger partial charge < -0.3 is 26.5 Å². The Hall–Kier alpha value is -0.970. The van der Waals surface area contributed by atoms with Crippen molar-refractivity contribution in [3.05, 3.63) is 23.4 Å². The largest absolute Gasteiger partial charge is 0.545 e. The van der Waals surface area contributed by atoms with E-state index in [0.29, 0.717) is 23.7 Å². The molecule has 0 amide bonds. The van der Waals surface area contributed by atoms with Gasteiger partial charge >= 0.3 is 0 Å². The van der Waals surface area contributed by atoms with Crippen molar-refractivity contribution in [1.29, 1.82) is 0 Å². The number of hydrogen-bond acceptors (Lipinski definition) is 7. The number of rotatable bonds is 5. The summed E-state index contributed by atoms with van der Waals surface area (Å²) in [7, 11) is 0. The first-order valence-electron chi connectivity index (χ1n) is 7.25. The zero-order valence-corrected chi connectivity index (χ0v) is 16.8. The van der Waals surface area contributed by atoms with E-state index in [-0.39, 0.29) is 67.0 Å². The standard InChI is InChI=1S/C14H18N4O4S.3ClH/c15-8-1-2-17(18(8)3-4-19)5-7-6-23-13-10(9(7)14(21)22)12(20)11(13)16;;;/h1-2,10-11,13,15,19H,3-6,16H2,(H,21,22);3*1H. The van der Waals surface area contributed by atoms with Crippen LogP contribution in [0.1, 0.15) is 0 Å². The minimum atomic E-state index is -1.32. The van der Waals surface area contributed by atoms with Crippen LogP contribution in [-0.2, 0) is 22.7 Å². The van der Waals surface area contributed by atoms with Crippen LogP contribution in [0, 0.1) is 5.92 Å². The molecule has 0 saturated heterocycles. The lowest BCUT2D eigenvalue weighted by Crippen LogP contribution is -2.63. The molecule has 1 aliphatic carbocycles. The van der Waals surface area contributed by atoms with Crippen LogP contribution in [0.5, 0.6) is 0 Å². The lowest BCUT2D eigenvalue weighted by Gasteiger charge is -2.45. The van der Waals surface area contributed by atoms with Gasteiger partial charge in [-0.2, -0.15) is 11.8 Å². The number of aliphatic hydroxyl groups excluding tert-OH is 1. The third-order valence-electron chi connectivity index (χ3n) is 4.37. The molecule has 12 heteroatoms. The molecule has 148 valence electrons. The minimum Gasteiger partial charge on any atom is -0.545 e. The predicted molar refractivity (Wildman–Crippen MR) is 103 cm³/mol. The number of aliphatic carboxylic acids is 1. The molecule has 3 unspecified atom stereocenters. The number of carboxylic acids is 1. The van der Waals surface area contributed by atoms with Crippen LogP contribution in [0.3, 0.4) is 0 Å². The van der Waals surface area contributed by atoms with Gasteiger partial charge in [0.15, 0.2) is 24.3 Å². The fraction of sp³-hybridized carbons (Fsp3) is 0.500. The highest BCUT2D eigenvalue weighted by Gasteiger charge is 2.53. The zero-order valence-electron chi connectivity index (χ0n) is 13.6. The van der Waals surface area contributed by atoms with Crippen molar-refractivity contribution in [3.63, 3.8) is 0 Å². The Morgan fingerprint density at radius 2 is 2.08 bits per heavy atom. The Balaban J connectivity index is 0.00000208. The first-order valence-corrected chi connectivity index (χ1v) is 8.30. The van der Waals surface area contributed by atoms with E-state index >= 15 is 0 Å². The highest BCUT2D eigenvalue weighted by Crippen LogP contribution is 2.44. The van der Waals surface area contributed by atoms with Crippen molar-refractivity contribution < 1.29 is 24.5 Å². The molecule has 1 fully saturated rings. The summed E-state index contributed by atoms with van der Waals surface area (Å²) in [6.45, 7) is 0.493. The number of Topliss-reactive ketones (excluding diaryl/α,β-unsaturated/α-hetero) is 1. The predicted octanol–water partition coefficient (Wildman–Crippen LogP) is -1.70. The van der Waals surface area contributed by atoms with Crippen LogP contribution in [0.25, 0.3) is 0 Å². The molecule has 1 aromatic rings. The molecular weight excluding hydrogens is 427 g/mol. The van der Waals surface area contributed by atoms with Crippen LogP contribution in [0.2, 0.25) is 0 Å². The molecule has 2 heterocycles. The van der Waals surface area contributed by atoms with Crippen LogP contribution >= 0.6 is 49.0 Å². The number of anilines is 1. The summed E-state index contributed by atoms with van der Waals surface area (Å²) in [5.74, 6) is -1.29. The highest BCUT2D eigenvalue weighted by molar-refractivity contribution is 8.00. The van der Waals surface area contributed by atoms with Crippen molar-refractivity contribution in [2.45, 2.75) is 24.4 Å². The van der Waals surface area contributed by atoms with Crippen molar-refractivity contribution in [3.8, 4) is 0 Å². The van der Waals surface area contributed by atoms with Gasteiger partial charge in [-0.15, -0.1) is 46.6 Å². The maximum Gasteiger partial charge on any atom is 0.198 e. The molecule has 3 atom stereocenters. The molecule has 0 spiro atoms. The van der Waals surface area contributed by atoms with Crippen LogP contribution in [0.15, 0.2) is 23.4 Å². The monoisotopic (exact) mass is 446 g/mol. The number of aliphatic hydroxyl groups is 1. The summed E-state index contributed by atoms with van der Waals surface area (Å²) >= 11 is 1.50. The third kappa shape index (κ3) is 4.13. The van der Waals surface area contributed by atoms with Gasteiger partial charge in [0.2, 0.25) is 0 Å². The van der Waals surface area contributed by atoms with E-state index in [1.807, 2.05) is 0 Å². The average molecular weight is 448 g/mol. The van der Waals surface area contributed by atoms with Gasteiger partial charge in [0.05, 0.1) is 30.6 Å². The van der Waals surface area contributed by atoms with Crippen molar-refractivity contribution in [2.75, 3.05) is 18.1 Å². The molecule has 1 aliphatic heterocycles. The number of hydrogen-bond donors (Lipinski definition) is 3. The van der Waals surface area contributed by atoms with E-state index in [4.69, 9.17) is 16.6 Å². The van der Waals surface area contributed by atoms with E-state index in [2.05, 4.69) is 0 Å². The Kier molecular flexibility index (Phi) is 9.45. The number of nitrogen functional groups attached to an aromatic ring is 1. The van der Waals surface area contributed by atoms with E-state index < -0.39 is 17.9 Å². The summed E-state index contributed by atoms with van der Waals surface area (Å²) in [5, 5.41) is 20.5. The number of carboxylic acid groups (broad SMARTS) is 1. The summed E-state index contributed by atoms with van der Waals surface area (Å²) in [5.41, 5.74) is 12.3. The van der Waals surface area contributed by atoms with Crippen molar-refractivity contribution in [2.24, 2.45) is 11.7 Å². The first kappa shape index (κ1) is 25.0. The molecule has 0 bridgehead atoms. The molecule has 5 N–H and O–H groups in total. The number of aromatic nitrogens is 2. The molecule has 3 rings (SSSR count). The van der Waals surface area contributed by atoms with Gasteiger partial charge in [0, 0.05) is 16.6 Å². The molecule has 1 saturated carbocycles. The second kappa shape index (κ2) is 9.82. The van der Waals surface area contributed by atoms with Crippen LogP contribution in [0.4, 0.5) is 5.82 Å². The topological polar surface area (TPSA) is 138 Å². The van der Waals surface area contributed by atoms with Gasteiger partial charge in [-0.1, -0.05) is 0 Å². The molecule has 1 aromatic heterocycles. The second-order valence-corrected chi connectivity index (χ2v) is 6.84. The number of nitrogens with zero attached hydrogens (tertiary/aromatic N) is 2. The highest BCUT2D eigenvalue weighted by atomic mass is 35.5. The molecule has 0 aromatic carbocycles. The molecule has 0 radical (unpaired) electrons. The lowest BCUT2D eigenvalue weighted by molar-refractivity contribution is -0.767. The average Bonchev–Trinajstić information content (AvgIpc) is 2.87. The fourth-order valence-electron chi connectivity index (χ4n) is 3.19. The van der Waals surface area contributed by atoms with Crippen molar-refractivity contribution in [1.82, 2.24) is 4.68 Å². The Morgan fingerprint density at radius 3 is 2.65 bits per heavy atom. The zero-order chi connectivity index (χ0) is 16.7. The number of halogens is 3. The summed E-state index contributed by atoms with van der Waals surface area (Å²) in [4.78, 5) is 23.5. The summed E-state index contributed by atoms with van der Waals surface area (Å²) in [6, 6.07) is 1.08. The number of carbonyl (C=O) groups excluding carboxylic acids is 2. The molecule has 8 nitrogen and oxygen atoms in total. The second-order valence-electron chi connectivity index (χ2n) is 5.67. The first-order chi connectivity index (χ1) is 11.0. The van der Waals surface area contributed by atoms with Gasteiger partial charge in [-0.25, -0.2) is 0 Å². The van der Waals surface area contributed by atoms with Crippen molar-refractivity contribution >= 4 is 66.6 Å². The molecule has 26 heavy (non-hydrogen) atoms. The quantitative estimate of drug-likeness (QED) is 0.457. The smallest absolute Gasteiger partial charge is 0.198 e. The molecular formula is C14H21Cl3N4O4S. The lowest BCUT2D eigenvalue weighted by atomic mass is 9.72. The Labute approximate surface area is 173 Å². The Bertz CT molecular complexity index is 712. The van der Waals surface area contributed by atoms with Crippen LogP contribution < -0.4 is 21.3 Å². The third-order valence-corrected chi connectivity index (χ3v) is 5.83. The van der Waals surface area contributed by atoms with E-state index in [9.17, 15) is 14.7 Å². The van der Waals surface area contributed by atoms with E-state index in [1.54, 1.807) is 21.6 Å². The fourth-order valence-corrected chi connectivity index (χ4v) is 4.63. The summed E-state index contributed by atoms with van der Waals surface area (Å²) < 4.78 is 3.39. The Morgan fingerprint density at radius 1 is 1.42 bits per heavy atom. The summed E-state index contributed by atoms with van der Waals surface area (Å²) in [6.07, 6.45) is 1.72. The van der Waals surface area contributed by atoms with Gasteiger partial charge in [-0.3, -0.25) is 4.79 Å². The maximum atomic E-state index is 12.0. The van der Waals surface area contributed by atoms with Gasteiger partial charge in [-0.05, 0) is 5.57 Å². The number of fused-ring (bicyclic) bond motifs is 1. The van der Waals surface area contributed by atoms with Gasteiger partial charge in [0.25, 0.3) is 0 Å². The van der Waals surface area contributed by atoms with Crippen LogP contribution in [-0.4, -0.2) is 45.2 Å². The minimum absolute atomic E-state index is 0. The normalized spacial score (nSPS) is 23.8. The maximum absolute atomic E-state index is 12.0. The number of thioether (sulfide) groups is 1. The number of ketones is 1. The van der Waals surface area contributed by atoms with E-state index in [0.717, 1.165) is 0 Å².